The number of anilines is 1. The van der Waals surface area contributed by atoms with E-state index in [2.05, 4.69) is 0 Å². The highest BCUT2D eigenvalue weighted by atomic mass is 35.5. The normalized spacial score (nSPS) is 14.5. The molecule has 0 atom stereocenters. The van der Waals surface area contributed by atoms with Crippen molar-refractivity contribution < 1.29 is 14.4 Å². The fourth-order valence-corrected chi connectivity index (χ4v) is 2.02. The topological polar surface area (TPSA) is 54.5 Å². The molecular weight excluding hydrogens is 254 g/mol. The van der Waals surface area contributed by atoms with Crippen LogP contribution in [0.3, 0.4) is 0 Å². The largest absolute Gasteiger partial charge is 0.276 e. The summed E-state index contributed by atoms with van der Waals surface area (Å²) in [7, 11) is 0. The van der Waals surface area contributed by atoms with E-state index < -0.39 is 17.1 Å². The first-order valence-electron chi connectivity index (χ1n) is 5.29. The van der Waals surface area contributed by atoms with Crippen LogP contribution in [0.25, 0.3) is 0 Å². The van der Waals surface area contributed by atoms with E-state index in [1.54, 1.807) is 13.0 Å². The Morgan fingerprint density at radius 1 is 1.11 bits per heavy atom. The molecule has 4 nitrogen and oxygen atoms in total. The van der Waals surface area contributed by atoms with Crippen LogP contribution in [-0.2, 0) is 9.59 Å². The quantitative estimate of drug-likeness (QED) is 0.607. The van der Waals surface area contributed by atoms with E-state index in [4.69, 9.17) is 11.6 Å². The second-order valence-corrected chi connectivity index (χ2v) is 4.37. The van der Waals surface area contributed by atoms with E-state index in [1.807, 2.05) is 6.92 Å². The molecule has 0 aliphatic carbocycles. The van der Waals surface area contributed by atoms with Crippen LogP contribution in [0.2, 0.25) is 0 Å². The number of aryl methyl sites for hydroxylation is 1. The zero-order chi connectivity index (χ0) is 13.4. The number of carbonyl (C=O) groups excluding carboxylic acids is 3. The van der Waals surface area contributed by atoms with Crippen molar-refractivity contribution in [3.8, 4) is 0 Å². The summed E-state index contributed by atoms with van der Waals surface area (Å²) < 4.78 is 0. The highest BCUT2D eigenvalue weighted by Gasteiger charge is 2.30. The van der Waals surface area contributed by atoms with Crippen LogP contribution >= 0.6 is 11.6 Å². The van der Waals surface area contributed by atoms with Crippen molar-refractivity contribution in [1.82, 2.24) is 0 Å². The van der Waals surface area contributed by atoms with Crippen molar-refractivity contribution in [2.24, 2.45) is 0 Å². The highest BCUT2D eigenvalue weighted by molar-refractivity contribution is 6.68. The molecule has 0 spiro atoms. The van der Waals surface area contributed by atoms with Crippen LogP contribution in [-0.4, -0.2) is 17.1 Å². The Labute approximate surface area is 109 Å². The van der Waals surface area contributed by atoms with Crippen molar-refractivity contribution in [3.05, 3.63) is 41.0 Å². The molecule has 0 radical (unpaired) electrons. The smallest absolute Gasteiger partial charge is 0.258 e. The average molecular weight is 264 g/mol. The van der Waals surface area contributed by atoms with Gasteiger partial charge in [0.05, 0.1) is 11.3 Å². The Hall–Kier alpha value is -1.94. The summed E-state index contributed by atoms with van der Waals surface area (Å²) >= 11 is 5.50. The molecule has 92 valence electrons. The first-order valence-corrected chi connectivity index (χ1v) is 5.67. The first-order chi connectivity index (χ1) is 8.43. The summed E-state index contributed by atoms with van der Waals surface area (Å²) in [5, 5.41) is -0.694. The van der Waals surface area contributed by atoms with Gasteiger partial charge in [0.2, 0.25) is 0 Å². The van der Waals surface area contributed by atoms with Crippen LogP contribution < -0.4 is 4.90 Å². The summed E-state index contributed by atoms with van der Waals surface area (Å²) in [5.41, 5.74) is 1.99. The van der Waals surface area contributed by atoms with E-state index in [0.717, 1.165) is 10.5 Å². The molecule has 1 heterocycles. The van der Waals surface area contributed by atoms with Crippen molar-refractivity contribution in [3.63, 3.8) is 0 Å². The predicted octanol–water partition coefficient (Wildman–Crippen LogP) is 2.11. The molecule has 0 N–H and O–H groups in total. The monoisotopic (exact) mass is 263 g/mol. The molecule has 1 aliphatic rings. The number of hydrogen-bond donors (Lipinski definition) is 0. The number of halogens is 1. The molecule has 5 heteroatoms. The van der Waals surface area contributed by atoms with E-state index in [0.29, 0.717) is 5.56 Å². The molecular formula is C13H10ClNO3. The molecule has 2 rings (SSSR count). The Kier molecular flexibility index (Phi) is 3.05. The Morgan fingerprint density at radius 3 is 2.17 bits per heavy atom. The molecule has 0 saturated carbocycles. The van der Waals surface area contributed by atoms with Crippen molar-refractivity contribution in [2.75, 3.05) is 4.90 Å². The van der Waals surface area contributed by atoms with Gasteiger partial charge < -0.3 is 0 Å². The lowest BCUT2D eigenvalue weighted by Crippen LogP contribution is -2.31. The minimum atomic E-state index is -0.694. The van der Waals surface area contributed by atoms with Gasteiger partial charge in [0.25, 0.3) is 17.1 Å². The second kappa shape index (κ2) is 4.38. The molecule has 0 bridgehead atoms. The average Bonchev–Trinajstić information content (AvgIpc) is 2.62. The zero-order valence-corrected chi connectivity index (χ0v) is 10.6. The van der Waals surface area contributed by atoms with Gasteiger partial charge in [-0.25, -0.2) is 4.90 Å². The minimum Gasteiger partial charge on any atom is -0.276 e. The third-order valence-electron chi connectivity index (χ3n) is 2.95. The van der Waals surface area contributed by atoms with Crippen LogP contribution in [0.1, 0.15) is 21.5 Å². The summed E-state index contributed by atoms with van der Waals surface area (Å²) in [6.07, 6.45) is 2.35. The SMILES string of the molecule is Cc1ccc(C(=O)Cl)c(N2C(=O)C=CC2=O)c1C. The maximum absolute atomic E-state index is 11.7. The molecule has 1 aliphatic heterocycles. The van der Waals surface area contributed by atoms with Crippen LogP contribution in [0.4, 0.5) is 5.69 Å². The number of rotatable bonds is 2. The van der Waals surface area contributed by atoms with Crippen LogP contribution in [0.15, 0.2) is 24.3 Å². The van der Waals surface area contributed by atoms with Crippen molar-refractivity contribution in [2.45, 2.75) is 13.8 Å². The maximum Gasteiger partial charge on any atom is 0.258 e. The van der Waals surface area contributed by atoms with Crippen molar-refractivity contribution in [1.29, 1.82) is 0 Å². The Bertz CT molecular complexity index is 586. The predicted molar refractivity (Wildman–Crippen MR) is 67.7 cm³/mol. The van der Waals surface area contributed by atoms with Crippen molar-refractivity contribution >= 4 is 34.3 Å². The second-order valence-electron chi connectivity index (χ2n) is 4.02. The molecule has 0 saturated heterocycles. The van der Waals surface area contributed by atoms with E-state index in [1.165, 1.54) is 18.2 Å². The Morgan fingerprint density at radius 2 is 1.67 bits per heavy atom. The summed E-state index contributed by atoms with van der Waals surface area (Å²) in [4.78, 5) is 35.7. The molecule has 2 amide bonds. The fraction of sp³-hybridized carbons (Fsp3) is 0.154. The summed E-state index contributed by atoms with van der Waals surface area (Å²) in [6, 6.07) is 3.25. The van der Waals surface area contributed by atoms with Gasteiger partial charge in [-0.2, -0.15) is 0 Å². The molecule has 18 heavy (non-hydrogen) atoms. The summed E-state index contributed by atoms with van der Waals surface area (Å²) in [6.45, 7) is 3.58. The molecule has 0 fully saturated rings. The highest BCUT2D eigenvalue weighted by Crippen LogP contribution is 2.31. The van der Waals surface area contributed by atoms with Gasteiger partial charge in [0, 0.05) is 12.2 Å². The number of nitrogens with zero attached hydrogens (tertiary/aromatic N) is 1. The third kappa shape index (κ3) is 1.84. The lowest BCUT2D eigenvalue weighted by Gasteiger charge is -2.20. The van der Waals surface area contributed by atoms with Gasteiger partial charge in [-0.05, 0) is 42.6 Å². The van der Waals surface area contributed by atoms with Gasteiger partial charge in [-0.15, -0.1) is 0 Å². The standard InChI is InChI=1S/C13H10ClNO3/c1-7-3-4-9(13(14)18)12(8(7)2)15-10(16)5-6-11(15)17/h3-6H,1-2H3. The summed E-state index contributed by atoms with van der Waals surface area (Å²) in [5.74, 6) is -0.930. The van der Waals surface area contributed by atoms with Gasteiger partial charge in [-0.3, -0.25) is 14.4 Å². The van der Waals surface area contributed by atoms with Gasteiger partial charge in [0.15, 0.2) is 0 Å². The lowest BCUT2D eigenvalue weighted by molar-refractivity contribution is -0.119. The fourth-order valence-electron chi connectivity index (χ4n) is 1.87. The van der Waals surface area contributed by atoms with E-state index in [9.17, 15) is 14.4 Å². The van der Waals surface area contributed by atoms with Crippen LogP contribution in [0.5, 0.6) is 0 Å². The molecule has 1 aromatic carbocycles. The maximum atomic E-state index is 11.7. The van der Waals surface area contributed by atoms with Gasteiger partial charge in [0.1, 0.15) is 0 Å². The number of amides is 2. The molecule has 0 unspecified atom stereocenters. The van der Waals surface area contributed by atoms with Gasteiger partial charge in [-0.1, -0.05) is 6.07 Å². The van der Waals surface area contributed by atoms with Crippen LogP contribution in [0, 0.1) is 13.8 Å². The number of hydrogen-bond acceptors (Lipinski definition) is 3. The number of benzene rings is 1. The first kappa shape index (κ1) is 12.5. The molecule has 0 aromatic heterocycles. The van der Waals surface area contributed by atoms with Gasteiger partial charge >= 0.3 is 0 Å². The Balaban J connectivity index is 2.69. The number of imide groups is 1. The number of carbonyl (C=O) groups is 3. The lowest BCUT2D eigenvalue weighted by atomic mass is 10.0. The zero-order valence-electron chi connectivity index (χ0n) is 9.86. The third-order valence-corrected chi connectivity index (χ3v) is 3.15. The minimum absolute atomic E-state index is 0.158. The van der Waals surface area contributed by atoms with E-state index >= 15 is 0 Å². The van der Waals surface area contributed by atoms with E-state index in [-0.39, 0.29) is 11.3 Å². The molecule has 1 aromatic rings.